The molecular formula is C11H6F3N3O4. The molecule has 0 saturated heterocycles. The van der Waals surface area contributed by atoms with Crippen LogP contribution in [0.3, 0.4) is 0 Å². The highest BCUT2D eigenvalue weighted by Crippen LogP contribution is 2.31. The van der Waals surface area contributed by atoms with Crippen molar-refractivity contribution in [2.75, 3.05) is 0 Å². The molecule has 0 amide bonds. The lowest BCUT2D eigenvalue weighted by atomic mass is 10.1. The smallest absolute Gasteiger partial charge is 0.419 e. The molecule has 0 aliphatic rings. The largest absolute Gasteiger partial charge is 0.477 e. The van der Waals surface area contributed by atoms with E-state index in [1.165, 1.54) is 6.07 Å². The molecule has 7 nitrogen and oxygen atoms in total. The summed E-state index contributed by atoms with van der Waals surface area (Å²) in [6.45, 7) is 0. The van der Waals surface area contributed by atoms with Gasteiger partial charge in [0.2, 0.25) is 0 Å². The van der Waals surface area contributed by atoms with Crippen LogP contribution < -0.4 is 0 Å². The van der Waals surface area contributed by atoms with Crippen LogP contribution in [-0.2, 0) is 6.18 Å². The van der Waals surface area contributed by atoms with Crippen molar-refractivity contribution in [2.45, 2.75) is 6.18 Å². The average Bonchev–Trinajstić information content (AvgIpc) is 2.86. The molecule has 0 aliphatic heterocycles. The molecule has 0 unspecified atom stereocenters. The summed E-state index contributed by atoms with van der Waals surface area (Å²) in [6.07, 6.45) is -3.61. The van der Waals surface area contributed by atoms with Crippen LogP contribution >= 0.6 is 0 Å². The van der Waals surface area contributed by atoms with Gasteiger partial charge in [-0.2, -0.15) is 18.3 Å². The molecule has 0 saturated carbocycles. The van der Waals surface area contributed by atoms with Gasteiger partial charge in [-0.1, -0.05) is 6.07 Å². The van der Waals surface area contributed by atoms with Gasteiger partial charge in [0.25, 0.3) is 0 Å². The standard InChI is InChI=1S/C11H6F3N3O4/c12-11(13,14)6-4-15-16(5-6)8-3-1-2-7(10(18)19)9(8)17(20)21/h1-5H,(H,18,19). The van der Waals surface area contributed by atoms with Crippen molar-refractivity contribution in [2.24, 2.45) is 0 Å². The number of rotatable bonds is 3. The van der Waals surface area contributed by atoms with Gasteiger partial charge in [-0.15, -0.1) is 0 Å². The highest BCUT2D eigenvalue weighted by atomic mass is 19.4. The fourth-order valence-corrected chi connectivity index (χ4v) is 1.68. The Bertz CT molecular complexity index is 724. The molecule has 21 heavy (non-hydrogen) atoms. The van der Waals surface area contributed by atoms with Crippen LogP contribution in [0, 0.1) is 10.1 Å². The van der Waals surface area contributed by atoms with Crippen molar-refractivity contribution in [1.82, 2.24) is 9.78 Å². The molecule has 0 fully saturated rings. The minimum absolute atomic E-state index is 0.365. The quantitative estimate of drug-likeness (QED) is 0.693. The molecule has 0 spiro atoms. The summed E-state index contributed by atoms with van der Waals surface area (Å²) in [7, 11) is 0. The van der Waals surface area contributed by atoms with Crippen LogP contribution in [0.15, 0.2) is 30.6 Å². The molecule has 1 N–H and O–H groups in total. The predicted octanol–water partition coefficient (Wildman–Crippen LogP) is 2.50. The number of hydrogen-bond donors (Lipinski definition) is 1. The zero-order valence-corrected chi connectivity index (χ0v) is 10.0. The Kier molecular flexibility index (Phi) is 3.37. The second-order valence-electron chi connectivity index (χ2n) is 3.91. The maximum Gasteiger partial charge on any atom is 0.419 e. The number of alkyl halides is 3. The summed E-state index contributed by atoms with van der Waals surface area (Å²) in [5.41, 5.74) is -2.93. The van der Waals surface area contributed by atoms with Gasteiger partial charge < -0.3 is 5.11 Å². The molecule has 110 valence electrons. The zero-order valence-electron chi connectivity index (χ0n) is 10.0. The first-order chi connectivity index (χ1) is 9.71. The van der Waals surface area contributed by atoms with Gasteiger partial charge >= 0.3 is 17.8 Å². The summed E-state index contributed by atoms with van der Waals surface area (Å²) in [6, 6.07) is 3.27. The number of aromatic carboxylic acids is 1. The first-order valence-electron chi connectivity index (χ1n) is 5.34. The van der Waals surface area contributed by atoms with E-state index in [0.717, 1.165) is 12.1 Å². The number of para-hydroxylation sites is 1. The van der Waals surface area contributed by atoms with Crippen LogP contribution in [0.2, 0.25) is 0 Å². The van der Waals surface area contributed by atoms with Crippen molar-refractivity contribution in [1.29, 1.82) is 0 Å². The summed E-state index contributed by atoms with van der Waals surface area (Å²) in [4.78, 5) is 21.0. The van der Waals surface area contributed by atoms with E-state index in [4.69, 9.17) is 5.11 Å². The van der Waals surface area contributed by atoms with E-state index in [1.807, 2.05) is 0 Å². The maximum atomic E-state index is 12.5. The Morgan fingerprint density at radius 3 is 2.52 bits per heavy atom. The zero-order chi connectivity index (χ0) is 15.8. The van der Waals surface area contributed by atoms with Gasteiger partial charge in [0, 0.05) is 6.20 Å². The van der Waals surface area contributed by atoms with Gasteiger partial charge in [-0.25, -0.2) is 9.48 Å². The lowest BCUT2D eigenvalue weighted by molar-refractivity contribution is -0.385. The van der Waals surface area contributed by atoms with Crippen LogP contribution in [0.5, 0.6) is 0 Å². The summed E-state index contributed by atoms with van der Waals surface area (Å²) in [5, 5.41) is 23.3. The highest BCUT2D eigenvalue weighted by molar-refractivity contribution is 5.94. The van der Waals surface area contributed by atoms with Gasteiger partial charge in [0.05, 0.1) is 16.7 Å². The third-order valence-corrected chi connectivity index (χ3v) is 2.58. The Balaban J connectivity index is 2.64. The van der Waals surface area contributed by atoms with E-state index in [-0.39, 0.29) is 5.69 Å². The minimum Gasteiger partial charge on any atom is -0.477 e. The van der Waals surface area contributed by atoms with Gasteiger partial charge in [-0.05, 0) is 12.1 Å². The maximum absolute atomic E-state index is 12.5. The fraction of sp³-hybridized carbons (Fsp3) is 0.0909. The third-order valence-electron chi connectivity index (χ3n) is 2.58. The summed E-state index contributed by atoms with van der Waals surface area (Å²) < 4.78 is 38.1. The molecule has 0 radical (unpaired) electrons. The SMILES string of the molecule is O=C(O)c1cccc(-n2cc(C(F)(F)F)cn2)c1[N+](=O)[O-]. The second kappa shape index (κ2) is 4.89. The normalized spacial score (nSPS) is 11.4. The minimum atomic E-state index is -4.66. The lowest BCUT2D eigenvalue weighted by Gasteiger charge is -2.05. The first-order valence-corrected chi connectivity index (χ1v) is 5.34. The number of carboxylic acid groups (broad SMARTS) is 1. The Labute approximate surface area is 114 Å². The number of nitro benzene ring substituents is 1. The van der Waals surface area contributed by atoms with Crippen molar-refractivity contribution < 1.29 is 28.0 Å². The van der Waals surface area contributed by atoms with E-state index in [2.05, 4.69) is 5.10 Å². The summed E-state index contributed by atoms with van der Waals surface area (Å²) in [5.74, 6) is -1.56. The average molecular weight is 301 g/mol. The van der Waals surface area contributed by atoms with Crippen molar-refractivity contribution in [3.05, 3.63) is 51.8 Å². The number of benzene rings is 1. The van der Waals surface area contributed by atoms with Gasteiger partial charge in [0.1, 0.15) is 11.3 Å². The molecule has 1 heterocycles. The van der Waals surface area contributed by atoms with E-state index >= 15 is 0 Å². The number of carbonyl (C=O) groups is 1. The molecule has 1 aromatic carbocycles. The molecule has 0 atom stereocenters. The van der Waals surface area contributed by atoms with Crippen molar-refractivity contribution in [3.63, 3.8) is 0 Å². The van der Waals surface area contributed by atoms with E-state index in [0.29, 0.717) is 17.1 Å². The van der Waals surface area contributed by atoms with Crippen LogP contribution in [-0.4, -0.2) is 25.8 Å². The molecule has 1 aromatic heterocycles. The van der Waals surface area contributed by atoms with Gasteiger partial charge in [-0.3, -0.25) is 10.1 Å². The Morgan fingerprint density at radius 1 is 1.38 bits per heavy atom. The topological polar surface area (TPSA) is 98.3 Å². The fourth-order valence-electron chi connectivity index (χ4n) is 1.68. The van der Waals surface area contributed by atoms with E-state index in [1.54, 1.807) is 0 Å². The van der Waals surface area contributed by atoms with Crippen molar-refractivity contribution in [3.8, 4) is 5.69 Å². The van der Waals surface area contributed by atoms with E-state index < -0.39 is 33.9 Å². The molecule has 0 bridgehead atoms. The Morgan fingerprint density at radius 2 is 2.05 bits per heavy atom. The third kappa shape index (κ3) is 2.68. The van der Waals surface area contributed by atoms with E-state index in [9.17, 15) is 28.1 Å². The number of carboxylic acids is 1. The lowest BCUT2D eigenvalue weighted by Crippen LogP contribution is -2.08. The first kappa shape index (κ1) is 14.5. The molecule has 0 aliphatic carbocycles. The molecule has 2 aromatic rings. The monoisotopic (exact) mass is 301 g/mol. The second-order valence-corrected chi connectivity index (χ2v) is 3.91. The Hall–Kier alpha value is -2.91. The number of aromatic nitrogens is 2. The van der Waals surface area contributed by atoms with Crippen molar-refractivity contribution >= 4 is 11.7 Å². The molecule has 10 heteroatoms. The number of nitrogens with zero attached hydrogens (tertiary/aromatic N) is 3. The predicted molar refractivity (Wildman–Crippen MR) is 62.2 cm³/mol. The highest BCUT2D eigenvalue weighted by Gasteiger charge is 2.33. The van der Waals surface area contributed by atoms with Crippen LogP contribution in [0.4, 0.5) is 18.9 Å². The molecular weight excluding hydrogens is 295 g/mol. The number of halogens is 3. The van der Waals surface area contributed by atoms with Gasteiger partial charge in [0.15, 0.2) is 0 Å². The number of hydrogen-bond acceptors (Lipinski definition) is 4. The molecule has 2 rings (SSSR count). The number of nitro groups is 1. The summed E-state index contributed by atoms with van der Waals surface area (Å²) >= 11 is 0. The van der Waals surface area contributed by atoms with Crippen LogP contribution in [0.25, 0.3) is 5.69 Å². The van der Waals surface area contributed by atoms with Crippen LogP contribution in [0.1, 0.15) is 15.9 Å².